The van der Waals surface area contributed by atoms with Crippen LogP contribution in [0, 0.1) is 0 Å². The zero-order valence-corrected chi connectivity index (χ0v) is 10.6. The van der Waals surface area contributed by atoms with Crippen LogP contribution in [0.25, 0.3) is 0 Å². The predicted molar refractivity (Wildman–Crippen MR) is 63.7 cm³/mol. The quantitative estimate of drug-likeness (QED) is 0.674. The van der Waals surface area contributed by atoms with Crippen LogP contribution in [0.2, 0.25) is 0 Å². The fourth-order valence-electron chi connectivity index (χ4n) is 1.38. The van der Waals surface area contributed by atoms with E-state index in [1.54, 1.807) is 6.92 Å². The Morgan fingerprint density at radius 1 is 1.32 bits per heavy atom. The van der Waals surface area contributed by atoms with Gasteiger partial charge in [-0.1, -0.05) is 0 Å². The first-order valence-electron chi connectivity index (χ1n) is 5.53. The maximum absolute atomic E-state index is 11.7. The van der Waals surface area contributed by atoms with E-state index in [9.17, 15) is 19.2 Å². The van der Waals surface area contributed by atoms with Gasteiger partial charge in [-0.15, -0.1) is 0 Å². The number of methoxy groups -OCH3 is 1. The van der Waals surface area contributed by atoms with Gasteiger partial charge in [0.2, 0.25) is 0 Å². The van der Waals surface area contributed by atoms with Gasteiger partial charge in [0.25, 0.3) is 5.56 Å². The fourth-order valence-corrected chi connectivity index (χ4v) is 1.38. The minimum absolute atomic E-state index is 0.127. The maximum atomic E-state index is 11.7. The topological polar surface area (TPSA) is 107 Å². The molecule has 0 unspecified atom stereocenters. The molecule has 8 heteroatoms. The number of H-pyrrole nitrogens is 1. The Morgan fingerprint density at radius 3 is 2.53 bits per heavy atom. The van der Waals surface area contributed by atoms with Crippen LogP contribution >= 0.6 is 0 Å². The summed E-state index contributed by atoms with van der Waals surface area (Å²) in [6.45, 7) is 1.30. The fraction of sp³-hybridized carbons (Fsp3) is 0.455. The highest BCUT2D eigenvalue weighted by Crippen LogP contribution is 1.91. The van der Waals surface area contributed by atoms with E-state index in [-0.39, 0.29) is 18.7 Å². The monoisotopic (exact) mass is 270 g/mol. The molecule has 0 aliphatic carbocycles. The molecule has 0 spiro atoms. The number of esters is 2. The lowest BCUT2D eigenvalue weighted by Crippen LogP contribution is -2.38. The largest absolute Gasteiger partial charge is 0.469 e. The van der Waals surface area contributed by atoms with Crippen molar-refractivity contribution in [1.29, 1.82) is 0 Å². The summed E-state index contributed by atoms with van der Waals surface area (Å²) in [4.78, 5) is 47.8. The van der Waals surface area contributed by atoms with E-state index in [1.807, 2.05) is 0 Å². The van der Waals surface area contributed by atoms with Crippen molar-refractivity contribution in [3.05, 3.63) is 32.6 Å². The Labute approximate surface area is 108 Å². The molecule has 0 aliphatic heterocycles. The smallest absolute Gasteiger partial charge is 0.329 e. The lowest BCUT2D eigenvalue weighted by Gasteiger charge is -2.05. The van der Waals surface area contributed by atoms with Crippen LogP contribution in [0.4, 0.5) is 0 Å². The normalized spacial score (nSPS) is 10.0. The SMILES string of the molecule is CCOC(=O)Cn1c(=O)cc(CC(=O)OC)[nH]c1=O. The molecular weight excluding hydrogens is 256 g/mol. The second kappa shape index (κ2) is 6.53. The van der Waals surface area contributed by atoms with Crippen LogP contribution in [-0.2, 0) is 32.0 Å². The van der Waals surface area contributed by atoms with Crippen LogP contribution in [0.15, 0.2) is 15.7 Å². The number of nitrogens with zero attached hydrogens (tertiary/aromatic N) is 1. The van der Waals surface area contributed by atoms with Gasteiger partial charge in [-0.25, -0.2) is 9.36 Å². The average molecular weight is 270 g/mol. The molecule has 1 N–H and O–H groups in total. The molecule has 1 rings (SSSR count). The van der Waals surface area contributed by atoms with E-state index >= 15 is 0 Å². The first kappa shape index (κ1) is 14.7. The Morgan fingerprint density at radius 2 is 2.00 bits per heavy atom. The van der Waals surface area contributed by atoms with Gasteiger partial charge in [0.1, 0.15) is 6.54 Å². The molecule has 0 aromatic carbocycles. The van der Waals surface area contributed by atoms with Crippen LogP contribution in [-0.4, -0.2) is 35.2 Å². The first-order valence-corrected chi connectivity index (χ1v) is 5.53. The molecule has 0 saturated carbocycles. The number of rotatable bonds is 5. The van der Waals surface area contributed by atoms with Crippen molar-refractivity contribution >= 4 is 11.9 Å². The summed E-state index contributed by atoms with van der Waals surface area (Å²) in [5.74, 6) is -1.27. The molecule has 19 heavy (non-hydrogen) atoms. The standard InChI is InChI=1S/C11H14N2O6/c1-3-19-10(16)6-13-8(14)4-7(12-11(13)17)5-9(15)18-2/h4H,3,5-6H2,1-2H3,(H,12,17). The Bertz CT molecular complexity index is 554. The van der Waals surface area contributed by atoms with Gasteiger partial charge in [-0.05, 0) is 6.92 Å². The zero-order valence-electron chi connectivity index (χ0n) is 10.6. The van der Waals surface area contributed by atoms with E-state index in [4.69, 9.17) is 0 Å². The van der Waals surface area contributed by atoms with Crippen molar-refractivity contribution in [3.8, 4) is 0 Å². The van der Waals surface area contributed by atoms with Crippen LogP contribution < -0.4 is 11.2 Å². The number of aromatic amines is 1. The van der Waals surface area contributed by atoms with Gasteiger partial charge >= 0.3 is 17.6 Å². The molecule has 1 aromatic heterocycles. The summed E-state index contributed by atoms with van der Waals surface area (Å²) >= 11 is 0. The molecule has 0 radical (unpaired) electrons. The number of hydrogen-bond donors (Lipinski definition) is 1. The van der Waals surface area contributed by atoms with Crippen molar-refractivity contribution in [1.82, 2.24) is 9.55 Å². The third-order valence-corrected chi connectivity index (χ3v) is 2.23. The van der Waals surface area contributed by atoms with Crippen LogP contribution in [0.3, 0.4) is 0 Å². The summed E-state index contributed by atoms with van der Waals surface area (Å²) < 4.78 is 9.75. The van der Waals surface area contributed by atoms with Gasteiger partial charge in [-0.3, -0.25) is 14.4 Å². The molecule has 1 aromatic rings. The van der Waals surface area contributed by atoms with Crippen molar-refractivity contribution < 1.29 is 19.1 Å². The molecule has 1 heterocycles. The molecule has 0 saturated heterocycles. The van der Waals surface area contributed by atoms with E-state index in [1.165, 1.54) is 7.11 Å². The van der Waals surface area contributed by atoms with E-state index in [0.717, 1.165) is 6.07 Å². The number of hydrogen-bond acceptors (Lipinski definition) is 6. The van der Waals surface area contributed by atoms with Gasteiger partial charge in [-0.2, -0.15) is 0 Å². The molecular formula is C11H14N2O6. The van der Waals surface area contributed by atoms with Crippen molar-refractivity contribution in [2.75, 3.05) is 13.7 Å². The minimum atomic E-state index is -0.778. The summed E-state index contributed by atoms with van der Waals surface area (Å²) in [5, 5.41) is 0. The van der Waals surface area contributed by atoms with Gasteiger partial charge < -0.3 is 14.5 Å². The number of aromatic nitrogens is 2. The molecule has 0 amide bonds. The summed E-state index contributed by atoms with van der Waals surface area (Å²) in [6, 6.07) is 1.07. The minimum Gasteiger partial charge on any atom is -0.469 e. The van der Waals surface area contributed by atoms with Crippen LogP contribution in [0.1, 0.15) is 12.6 Å². The zero-order chi connectivity index (χ0) is 14.4. The molecule has 0 aliphatic rings. The number of carbonyl (C=O) groups is 2. The second-order valence-corrected chi connectivity index (χ2v) is 3.58. The molecule has 0 fully saturated rings. The Balaban J connectivity index is 2.98. The third kappa shape index (κ3) is 4.09. The lowest BCUT2D eigenvalue weighted by molar-refractivity contribution is -0.144. The van der Waals surface area contributed by atoms with E-state index in [2.05, 4.69) is 14.5 Å². The maximum Gasteiger partial charge on any atom is 0.329 e. The highest BCUT2D eigenvalue weighted by Gasteiger charge is 2.11. The van der Waals surface area contributed by atoms with Crippen molar-refractivity contribution in [2.45, 2.75) is 19.9 Å². The highest BCUT2D eigenvalue weighted by atomic mass is 16.5. The van der Waals surface area contributed by atoms with Crippen molar-refractivity contribution in [2.24, 2.45) is 0 Å². The number of nitrogens with one attached hydrogen (secondary N) is 1. The Hall–Kier alpha value is -2.38. The van der Waals surface area contributed by atoms with Gasteiger partial charge in [0.05, 0.1) is 20.1 Å². The van der Waals surface area contributed by atoms with Gasteiger partial charge in [0.15, 0.2) is 0 Å². The molecule has 0 atom stereocenters. The third-order valence-electron chi connectivity index (χ3n) is 2.23. The van der Waals surface area contributed by atoms with Crippen molar-refractivity contribution in [3.63, 3.8) is 0 Å². The first-order chi connectivity index (χ1) is 8.97. The molecule has 104 valence electrons. The summed E-state index contributed by atoms with van der Waals surface area (Å²) in [5.41, 5.74) is -1.34. The van der Waals surface area contributed by atoms with Gasteiger partial charge in [0, 0.05) is 11.8 Å². The predicted octanol–water partition coefficient (Wildman–Crippen LogP) is -1.18. The highest BCUT2D eigenvalue weighted by molar-refractivity contribution is 5.71. The van der Waals surface area contributed by atoms with E-state index in [0.29, 0.717) is 4.57 Å². The number of ether oxygens (including phenoxy) is 2. The summed E-state index contributed by atoms with van der Waals surface area (Å²) in [6.07, 6.45) is -0.221. The molecule has 8 nitrogen and oxygen atoms in total. The molecule has 0 bridgehead atoms. The summed E-state index contributed by atoms with van der Waals surface area (Å²) in [7, 11) is 1.20. The lowest BCUT2D eigenvalue weighted by atomic mass is 10.3. The van der Waals surface area contributed by atoms with Crippen LogP contribution in [0.5, 0.6) is 0 Å². The number of carbonyl (C=O) groups excluding carboxylic acids is 2. The Kier molecular flexibility index (Phi) is 5.04. The van der Waals surface area contributed by atoms with E-state index < -0.39 is 29.7 Å². The second-order valence-electron chi connectivity index (χ2n) is 3.58. The average Bonchev–Trinajstić information content (AvgIpc) is 2.34.